The van der Waals surface area contributed by atoms with Gasteiger partial charge in [-0.2, -0.15) is 0 Å². The van der Waals surface area contributed by atoms with Crippen molar-refractivity contribution < 1.29 is 14.2 Å². The number of rotatable bonds is 4. The lowest BCUT2D eigenvalue weighted by atomic mass is 9.84. The Morgan fingerprint density at radius 3 is 3.07 bits per heavy atom. The minimum Gasteiger partial charge on any atom is -0.371 e. The Hall–Kier alpha value is -0.120. The molecule has 4 rings (SSSR count). The monoisotopic (exact) mass is 210 g/mol. The molecule has 0 radical (unpaired) electrons. The van der Waals surface area contributed by atoms with Gasteiger partial charge in [0.15, 0.2) is 0 Å². The van der Waals surface area contributed by atoms with Crippen LogP contribution in [-0.4, -0.2) is 30.7 Å². The lowest BCUT2D eigenvalue weighted by Crippen LogP contribution is -2.35. The predicted molar refractivity (Wildman–Crippen MR) is 53.4 cm³/mol. The van der Waals surface area contributed by atoms with E-state index in [9.17, 15) is 0 Å². The Bertz CT molecular complexity index is 301. The molecule has 5 unspecified atom stereocenters. The topological polar surface area (TPSA) is 34.3 Å². The number of ether oxygens (including phenoxy) is 3. The number of epoxide rings is 2. The van der Waals surface area contributed by atoms with Gasteiger partial charge in [-0.25, -0.2) is 0 Å². The largest absolute Gasteiger partial charge is 0.371 e. The average molecular weight is 210 g/mol. The lowest BCUT2D eigenvalue weighted by Gasteiger charge is -2.27. The molecule has 2 bridgehead atoms. The molecule has 3 nitrogen and oxygen atoms in total. The molecule has 2 heterocycles. The SMILES string of the molecule is CCC1C2CCC3(C2)OC13OCC1CO1. The standard InChI is InChI=1S/C12H18O3/c1-2-10-8-3-4-11(5-8)12(10,15-11)14-7-9-6-13-9/h8-10H,2-7H2,1H3. The van der Waals surface area contributed by atoms with Gasteiger partial charge in [0.2, 0.25) is 5.79 Å². The van der Waals surface area contributed by atoms with E-state index in [0.717, 1.165) is 19.1 Å². The smallest absolute Gasteiger partial charge is 0.201 e. The lowest BCUT2D eigenvalue weighted by molar-refractivity contribution is -0.1000. The van der Waals surface area contributed by atoms with Crippen LogP contribution >= 0.6 is 0 Å². The van der Waals surface area contributed by atoms with E-state index in [-0.39, 0.29) is 11.4 Å². The highest BCUT2D eigenvalue weighted by Gasteiger charge is 2.82. The molecule has 0 aromatic carbocycles. The molecule has 4 aliphatic rings. The van der Waals surface area contributed by atoms with Gasteiger partial charge < -0.3 is 14.2 Å². The summed E-state index contributed by atoms with van der Waals surface area (Å²) in [5.74, 6) is 1.32. The summed E-state index contributed by atoms with van der Waals surface area (Å²) in [6.07, 6.45) is 5.37. The van der Waals surface area contributed by atoms with E-state index in [2.05, 4.69) is 6.92 Å². The fourth-order valence-corrected chi connectivity index (χ4v) is 4.04. The van der Waals surface area contributed by atoms with Crippen molar-refractivity contribution in [1.82, 2.24) is 0 Å². The van der Waals surface area contributed by atoms with Crippen LogP contribution in [0.5, 0.6) is 0 Å². The summed E-state index contributed by atoms with van der Waals surface area (Å²) in [5, 5.41) is 0. The van der Waals surface area contributed by atoms with Crippen LogP contribution in [0, 0.1) is 11.8 Å². The summed E-state index contributed by atoms with van der Waals surface area (Å²) in [4.78, 5) is 0. The summed E-state index contributed by atoms with van der Waals surface area (Å²) in [6, 6.07) is 0. The van der Waals surface area contributed by atoms with Gasteiger partial charge in [-0.1, -0.05) is 6.92 Å². The zero-order chi connectivity index (χ0) is 10.1. The summed E-state index contributed by atoms with van der Waals surface area (Å²) < 4.78 is 17.3. The second-order valence-electron chi connectivity index (χ2n) is 5.55. The molecule has 2 saturated carbocycles. The third kappa shape index (κ3) is 0.973. The van der Waals surface area contributed by atoms with Gasteiger partial charge in [0, 0.05) is 5.92 Å². The second-order valence-corrected chi connectivity index (χ2v) is 5.55. The Kier molecular flexibility index (Phi) is 1.54. The molecule has 4 fully saturated rings. The number of fused-ring (bicyclic) bond motifs is 1. The van der Waals surface area contributed by atoms with E-state index in [4.69, 9.17) is 14.2 Å². The minimum absolute atomic E-state index is 0.132. The van der Waals surface area contributed by atoms with E-state index in [1.54, 1.807) is 0 Å². The molecule has 0 aromatic heterocycles. The van der Waals surface area contributed by atoms with Crippen LogP contribution in [0.15, 0.2) is 0 Å². The van der Waals surface area contributed by atoms with E-state index in [0.29, 0.717) is 12.0 Å². The third-order valence-electron chi connectivity index (χ3n) is 4.83. The molecule has 0 amide bonds. The van der Waals surface area contributed by atoms with Crippen LogP contribution in [0.3, 0.4) is 0 Å². The molecule has 1 spiro atoms. The molecule has 84 valence electrons. The van der Waals surface area contributed by atoms with Gasteiger partial charge in [0.05, 0.1) is 13.2 Å². The van der Waals surface area contributed by atoms with E-state index >= 15 is 0 Å². The average Bonchev–Trinajstić information content (AvgIpc) is 3.10. The quantitative estimate of drug-likeness (QED) is 0.662. The van der Waals surface area contributed by atoms with E-state index in [1.807, 2.05) is 0 Å². The number of hydrogen-bond acceptors (Lipinski definition) is 3. The van der Waals surface area contributed by atoms with Crippen molar-refractivity contribution in [2.24, 2.45) is 11.8 Å². The van der Waals surface area contributed by atoms with Crippen LogP contribution in [0.4, 0.5) is 0 Å². The van der Waals surface area contributed by atoms with Crippen molar-refractivity contribution in [3.8, 4) is 0 Å². The van der Waals surface area contributed by atoms with Crippen molar-refractivity contribution in [2.45, 2.75) is 50.1 Å². The fraction of sp³-hybridized carbons (Fsp3) is 1.00. The molecule has 15 heavy (non-hydrogen) atoms. The fourth-order valence-electron chi connectivity index (χ4n) is 4.04. The van der Waals surface area contributed by atoms with Crippen LogP contribution in [0.1, 0.15) is 32.6 Å². The van der Waals surface area contributed by atoms with Crippen molar-refractivity contribution in [3.05, 3.63) is 0 Å². The molecule has 2 aliphatic heterocycles. The zero-order valence-electron chi connectivity index (χ0n) is 9.20. The molecule has 5 atom stereocenters. The van der Waals surface area contributed by atoms with Crippen LogP contribution in [0.2, 0.25) is 0 Å². The maximum absolute atomic E-state index is 6.07. The normalized spacial score (nSPS) is 59.4. The molecule has 3 heteroatoms. The van der Waals surface area contributed by atoms with Gasteiger partial charge in [0.1, 0.15) is 11.7 Å². The molecule has 0 N–H and O–H groups in total. The first-order valence-corrected chi connectivity index (χ1v) is 6.25. The Balaban J connectivity index is 1.54. The number of hydrogen-bond donors (Lipinski definition) is 0. The van der Waals surface area contributed by atoms with Gasteiger partial charge in [-0.05, 0) is 31.6 Å². The van der Waals surface area contributed by atoms with E-state index < -0.39 is 0 Å². The van der Waals surface area contributed by atoms with E-state index in [1.165, 1.54) is 25.7 Å². The first-order chi connectivity index (χ1) is 7.30. The molecular formula is C12H18O3. The van der Waals surface area contributed by atoms with Crippen LogP contribution < -0.4 is 0 Å². The first kappa shape index (κ1) is 8.97. The highest BCUT2D eigenvalue weighted by molar-refractivity contribution is 5.24. The summed E-state index contributed by atoms with van der Waals surface area (Å²) in [5.41, 5.74) is 0.132. The summed E-state index contributed by atoms with van der Waals surface area (Å²) >= 11 is 0. The highest BCUT2D eigenvalue weighted by atomic mass is 16.8. The minimum atomic E-state index is -0.184. The maximum Gasteiger partial charge on any atom is 0.201 e. The summed E-state index contributed by atoms with van der Waals surface area (Å²) in [7, 11) is 0. The van der Waals surface area contributed by atoms with Crippen LogP contribution in [-0.2, 0) is 14.2 Å². The molecule has 2 aliphatic carbocycles. The van der Waals surface area contributed by atoms with Gasteiger partial charge in [-0.3, -0.25) is 0 Å². The predicted octanol–water partition coefficient (Wildman–Crippen LogP) is 1.71. The molecule has 2 saturated heterocycles. The first-order valence-electron chi connectivity index (χ1n) is 6.25. The molecular weight excluding hydrogens is 192 g/mol. The van der Waals surface area contributed by atoms with Crippen molar-refractivity contribution in [3.63, 3.8) is 0 Å². The van der Waals surface area contributed by atoms with Gasteiger partial charge >= 0.3 is 0 Å². The Morgan fingerprint density at radius 2 is 2.33 bits per heavy atom. The molecule has 0 aromatic rings. The second kappa shape index (κ2) is 2.58. The third-order valence-corrected chi connectivity index (χ3v) is 4.83. The van der Waals surface area contributed by atoms with Crippen molar-refractivity contribution >= 4 is 0 Å². The van der Waals surface area contributed by atoms with Crippen molar-refractivity contribution in [1.29, 1.82) is 0 Å². The zero-order valence-corrected chi connectivity index (χ0v) is 9.20. The maximum atomic E-state index is 6.07. The van der Waals surface area contributed by atoms with Gasteiger partial charge in [-0.15, -0.1) is 0 Å². The van der Waals surface area contributed by atoms with Gasteiger partial charge in [0.25, 0.3) is 0 Å². The Morgan fingerprint density at radius 1 is 1.47 bits per heavy atom. The highest BCUT2D eigenvalue weighted by Crippen LogP contribution is 2.73. The van der Waals surface area contributed by atoms with Crippen molar-refractivity contribution in [2.75, 3.05) is 13.2 Å². The summed E-state index contributed by atoms with van der Waals surface area (Å²) in [6.45, 7) is 3.88. The Labute approximate surface area is 90.1 Å². The van der Waals surface area contributed by atoms with Crippen LogP contribution in [0.25, 0.3) is 0 Å².